The second-order valence-electron chi connectivity index (χ2n) is 3.08. The third-order valence-corrected chi connectivity index (χ3v) is 2.36. The zero-order valence-corrected chi connectivity index (χ0v) is 9.91. The first-order valence-electron chi connectivity index (χ1n) is 4.49. The van der Waals surface area contributed by atoms with Gasteiger partial charge < -0.3 is 10.4 Å². The molecule has 0 spiro atoms. The van der Waals surface area contributed by atoms with E-state index in [1.54, 1.807) is 6.08 Å². The van der Waals surface area contributed by atoms with Crippen molar-refractivity contribution in [1.29, 1.82) is 0 Å². The Balaban J connectivity index is 2.57. The molecule has 0 aliphatic carbocycles. The fourth-order valence-electron chi connectivity index (χ4n) is 1.11. The summed E-state index contributed by atoms with van der Waals surface area (Å²) in [7, 11) is 0. The number of carboxylic acid groups (broad SMARTS) is 1. The van der Waals surface area contributed by atoms with E-state index in [0.29, 0.717) is 6.54 Å². The van der Waals surface area contributed by atoms with E-state index in [9.17, 15) is 4.79 Å². The number of rotatable bonds is 4. The van der Waals surface area contributed by atoms with Gasteiger partial charge in [0.25, 0.3) is 0 Å². The maximum Gasteiger partial charge on any atom is 0.328 e. The van der Waals surface area contributed by atoms with E-state index in [-0.39, 0.29) is 0 Å². The highest BCUT2D eigenvalue weighted by Crippen LogP contribution is 2.20. The van der Waals surface area contributed by atoms with Gasteiger partial charge in [-0.25, -0.2) is 4.79 Å². The molecule has 0 aliphatic heterocycles. The number of hydrogen-bond acceptors (Lipinski definition) is 2. The van der Waals surface area contributed by atoms with E-state index in [0.717, 1.165) is 21.8 Å². The molecule has 2 N–H and O–H groups in total. The smallest absolute Gasteiger partial charge is 0.328 e. The van der Waals surface area contributed by atoms with Crippen molar-refractivity contribution in [2.75, 3.05) is 11.9 Å². The van der Waals surface area contributed by atoms with Crippen molar-refractivity contribution in [1.82, 2.24) is 0 Å². The Hall–Kier alpha value is -1.29. The maximum absolute atomic E-state index is 10.2. The van der Waals surface area contributed by atoms with Crippen molar-refractivity contribution in [3.8, 4) is 0 Å². The highest BCUT2D eigenvalue weighted by atomic mass is 79.9. The summed E-state index contributed by atoms with van der Waals surface area (Å²) in [5.41, 5.74) is 2.13. The van der Waals surface area contributed by atoms with Crippen molar-refractivity contribution in [3.05, 3.63) is 40.4 Å². The lowest BCUT2D eigenvalue weighted by atomic mass is 10.2. The first-order chi connectivity index (χ1) is 7.09. The fraction of sp³-hybridized carbons (Fsp3) is 0.182. The standard InChI is InChI=1S/C11H12BrNO2/c1-8-4-5-9(12)7-10(8)13-6-2-3-11(14)15/h2-5,7,13H,6H2,1H3,(H,14,15)/b3-2+. The molecule has 0 fully saturated rings. The highest BCUT2D eigenvalue weighted by molar-refractivity contribution is 9.10. The molecule has 0 bridgehead atoms. The lowest BCUT2D eigenvalue weighted by Gasteiger charge is -2.07. The van der Waals surface area contributed by atoms with Crippen LogP contribution in [-0.4, -0.2) is 17.6 Å². The molecule has 1 rings (SSSR count). The van der Waals surface area contributed by atoms with Crippen LogP contribution < -0.4 is 5.32 Å². The van der Waals surface area contributed by atoms with Crippen molar-refractivity contribution in [3.63, 3.8) is 0 Å². The van der Waals surface area contributed by atoms with Crippen molar-refractivity contribution in [2.24, 2.45) is 0 Å². The Labute approximate surface area is 96.9 Å². The number of benzene rings is 1. The van der Waals surface area contributed by atoms with Crippen LogP contribution in [0.5, 0.6) is 0 Å². The number of hydrogen-bond donors (Lipinski definition) is 2. The van der Waals surface area contributed by atoms with Gasteiger partial charge in [0, 0.05) is 22.8 Å². The topological polar surface area (TPSA) is 49.3 Å². The van der Waals surface area contributed by atoms with E-state index in [1.165, 1.54) is 0 Å². The minimum atomic E-state index is -0.928. The molecule has 1 aromatic rings. The van der Waals surface area contributed by atoms with Gasteiger partial charge in [-0.1, -0.05) is 28.1 Å². The van der Waals surface area contributed by atoms with Crippen molar-refractivity contribution >= 4 is 27.6 Å². The Bertz CT molecular complexity index is 388. The average Bonchev–Trinajstić information content (AvgIpc) is 2.17. The van der Waals surface area contributed by atoms with Crippen LogP contribution in [-0.2, 0) is 4.79 Å². The number of halogens is 1. The fourth-order valence-corrected chi connectivity index (χ4v) is 1.47. The van der Waals surface area contributed by atoms with Gasteiger partial charge in [0.2, 0.25) is 0 Å². The zero-order valence-electron chi connectivity index (χ0n) is 8.33. The van der Waals surface area contributed by atoms with E-state index in [4.69, 9.17) is 5.11 Å². The molecule has 80 valence electrons. The predicted molar refractivity (Wildman–Crippen MR) is 64.1 cm³/mol. The molecular formula is C11H12BrNO2. The molecule has 0 amide bonds. The number of aryl methyl sites for hydroxylation is 1. The first-order valence-corrected chi connectivity index (χ1v) is 5.28. The van der Waals surface area contributed by atoms with Crippen LogP contribution in [0.15, 0.2) is 34.8 Å². The van der Waals surface area contributed by atoms with Crippen LogP contribution >= 0.6 is 15.9 Å². The molecule has 0 radical (unpaired) electrons. The van der Waals surface area contributed by atoms with Gasteiger partial charge in [-0.3, -0.25) is 0 Å². The van der Waals surface area contributed by atoms with Gasteiger partial charge in [0.1, 0.15) is 0 Å². The molecule has 0 saturated heterocycles. The largest absolute Gasteiger partial charge is 0.478 e. The number of carbonyl (C=O) groups is 1. The summed E-state index contributed by atoms with van der Waals surface area (Å²) in [4.78, 5) is 10.2. The number of nitrogens with one attached hydrogen (secondary N) is 1. The maximum atomic E-state index is 10.2. The van der Waals surface area contributed by atoms with Gasteiger partial charge in [-0.2, -0.15) is 0 Å². The molecule has 0 saturated carbocycles. The Morgan fingerprint density at radius 1 is 1.60 bits per heavy atom. The van der Waals surface area contributed by atoms with E-state index < -0.39 is 5.97 Å². The Kier molecular flexibility index (Phi) is 4.37. The van der Waals surface area contributed by atoms with Crippen LogP contribution in [0.2, 0.25) is 0 Å². The van der Waals surface area contributed by atoms with Gasteiger partial charge in [-0.05, 0) is 24.6 Å². The predicted octanol–water partition coefficient (Wildman–Crippen LogP) is 2.81. The lowest BCUT2D eigenvalue weighted by molar-refractivity contribution is -0.131. The molecule has 4 heteroatoms. The van der Waals surface area contributed by atoms with Gasteiger partial charge >= 0.3 is 5.97 Å². The summed E-state index contributed by atoms with van der Waals surface area (Å²) >= 11 is 3.38. The Morgan fingerprint density at radius 2 is 2.33 bits per heavy atom. The molecule has 0 unspecified atom stereocenters. The second kappa shape index (κ2) is 5.56. The van der Waals surface area contributed by atoms with Crippen LogP contribution in [0, 0.1) is 6.92 Å². The monoisotopic (exact) mass is 269 g/mol. The first kappa shape index (κ1) is 11.8. The lowest BCUT2D eigenvalue weighted by Crippen LogP contribution is -2.01. The number of carboxylic acids is 1. The minimum Gasteiger partial charge on any atom is -0.478 e. The number of aliphatic carboxylic acids is 1. The zero-order chi connectivity index (χ0) is 11.3. The summed E-state index contributed by atoms with van der Waals surface area (Å²) < 4.78 is 0.998. The second-order valence-corrected chi connectivity index (χ2v) is 4.00. The molecule has 0 heterocycles. The molecule has 0 aliphatic rings. The summed E-state index contributed by atoms with van der Waals surface area (Å²) in [5, 5.41) is 11.5. The van der Waals surface area contributed by atoms with E-state index >= 15 is 0 Å². The quantitative estimate of drug-likeness (QED) is 0.827. The van der Waals surface area contributed by atoms with Gasteiger partial charge in [0.15, 0.2) is 0 Å². The van der Waals surface area contributed by atoms with Crippen LogP contribution in [0.3, 0.4) is 0 Å². The normalized spacial score (nSPS) is 10.5. The highest BCUT2D eigenvalue weighted by Gasteiger charge is 1.96. The average molecular weight is 270 g/mol. The van der Waals surface area contributed by atoms with Crippen LogP contribution in [0.1, 0.15) is 5.56 Å². The van der Waals surface area contributed by atoms with Crippen LogP contribution in [0.4, 0.5) is 5.69 Å². The van der Waals surface area contributed by atoms with Gasteiger partial charge in [-0.15, -0.1) is 0 Å². The van der Waals surface area contributed by atoms with Gasteiger partial charge in [0.05, 0.1) is 0 Å². The Morgan fingerprint density at radius 3 is 3.00 bits per heavy atom. The summed E-state index contributed by atoms with van der Waals surface area (Å²) in [6, 6.07) is 5.92. The molecule has 3 nitrogen and oxygen atoms in total. The summed E-state index contributed by atoms with van der Waals surface area (Å²) in [5.74, 6) is -0.928. The van der Waals surface area contributed by atoms with Crippen molar-refractivity contribution in [2.45, 2.75) is 6.92 Å². The molecule has 0 aromatic heterocycles. The van der Waals surface area contributed by atoms with Crippen LogP contribution in [0.25, 0.3) is 0 Å². The SMILES string of the molecule is Cc1ccc(Br)cc1NC/C=C/C(=O)O. The third kappa shape index (κ3) is 4.16. The molecule has 1 aromatic carbocycles. The third-order valence-electron chi connectivity index (χ3n) is 1.87. The molecule has 15 heavy (non-hydrogen) atoms. The van der Waals surface area contributed by atoms with Crippen molar-refractivity contribution < 1.29 is 9.90 Å². The summed E-state index contributed by atoms with van der Waals surface area (Å²) in [6.45, 7) is 2.50. The van der Waals surface area contributed by atoms with E-state index in [2.05, 4.69) is 21.2 Å². The molecule has 0 atom stereocenters. The summed E-state index contributed by atoms with van der Waals surface area (Å²) in [6.07, 6.45) is 2.70. The molecular weight excluding hydrogens is 258 g/mol. The number of anilines is 1. The van der Waals surface area contributed by atoms with E-state index in [1.807, 2.05) is 25.1 Å². The minimum absolute atomic E-state index is 0.504.